The molecule has 0 aliphatic carbocycles. The third-order valence-corrected chi connectivity index (χ3v) is 9.96. The Hall–Kier alpha value is -1.75. The third-order valence-electron chi connectivity index (χ3n) is 9.96. The van der Waals surface area contributed by atoms with Crippen LogP contribution in [0.5, 0.6) is 0 Å². The number of unbranched alkanes of at least 4 members (excludes halogenated alkanes) is 14. The first kappa shape index (κ1) is 41.7. The van der Waals surface area contributed by atoms with E-state index in [0.29, 0.717) is 26.2 Å². The van der Waals surface area contributed by atoms with E-state index >= 15 is 0 Å². The maximum atomic E-state index is 12.8. The van der Waals surface area contributed by atoms with Crippen LogP contribution in [0, 0.1) is 0 Å². The van der Waals surface area contributed by atoms with Crippen molar-refractivity contribution < 1.29 is 42.8 Å². The summed E-state index contributed by atoms with van der Waals surface area (Å²) in [5.41, 5.74) is -1.24. The summed E-state index contributed by atoms with van der Waals surface area (Å²) < 4.78 is 36.0. The second-order valence-corrected chi connectivity index (χ2v) is 16.0. The minimum atomic E-state index is -0.695. The molecule has 0 N–H and O–H groups in total. The number of hydrogen-bond acceptors (Lipinski definition) is 9. The standard InChI is InChI=1S/C39H69NO9/c1-31(42)46-33-24-26-39(47-34(35(33)48-39)23-19-15-17-21-27-41)25-20-16-13-11-9-7-8-10-12-14-18-22-28-44-29-32-30-45-38(5,6)40(32)36(43)49-37(2,3)4/h27,32-35H,7-26,28-30H2,1-6H3/t32-,33-,34-,35-,39+/m1/s1. The van der Waals surface area contributed by atoms with Gasteiger partial charge in [0.15, 0.2) is 5.79 Å². The number of carbonyl (C=O) groups excluding carboxylic acids is 3. The van der Waals surface area contributed by atoms with Crippen molar-refractivity contribution in [2.24, 2.45) is 0 Å². The fourth-order valence-electron chi connectivity index (χ4n) is 7.48. The van der Waals surface area contributed by atoms with Crippen molar-refractivity contribution in [2.75, 3.05) is 19.8 Å². The highest BCUT2D eigenvalue weighted by molar-refractivity contribution is 5.69. The van der Waals surface area contributed by atoms with Crippen molar-refractivity contribution >= 4 is 18.3 Å². The Balaban J connectivity index is 1.16. The Morgan fingerprint density at radius 3 is 2.08 bits per heavy atom. The zero-order valence-electron chi connectivity index (χ0n) is 31.8. The van der Waals surface area contributed by atoms with E-state index in [-0.39, 0.29) is 36.4 Å². The highest BCUT2D eigenvalue weighted by Gasteiger charge is 2.54. The van der Waals surface area contributed by atoms with Gasteiger partial charge in [0, 0.05) is 32.8 Å². The summed E-state index contributed by atoms with van der Waals surface area (Å²) in [6.07, 6.45) is 21.8. The smallest absolute Gasteiger partial charge is 0.412 e. The number of rotatable bonds is 24. The van der Waals surface area contributed by atoms with Crippen LogP contribution in [0.1, 0.15) is 170 Å². The quantitative estimate of drug-likeness (QED) is 0.0556. The topological polar surface area (TPSA) is 110 Å². The molecule has 0 radical (unpaired) electrons. The largest absolute Gasteiger partial charge is 0.460 e. The van der Waals surface area contributed by atoms with Crippen LogP contribution in [0.3, 0.4) is 0 Å². The summed E-state index contributed by atoms with van der Waals surface area (Å²) in [6, 6.07) is -0.128. The number of fused-ring (bicyclic) bond motifs is 2. The van der Waals surface area contributed by atoms with Gasteiger partial charge in [0.2, 0.25) is 0 Å². The van der Waals surface area contributed by atoms with Gasteiger partial charge in [0.05, 0.1) is 25.4 Å². The van der Waals surface area contributed by atoms with Gasteiger partial charge in [-0.15, -0.1) is 0 Å². The molecule has 3 saturated heterocycles. The lowest BCUT2D eigenvalue weighted by Crippen LogP contribution is -2.51. The van der Waals surface area contributed by atoms with E-state index in [1.807, 2.05) is 34.6 Å². The first-order valence-electron chi connectivity index (χ1n) is 19.6. The van der Waals surface area contributed by atoms with Gasteiger partial charge in [-0.3, -0.25) is 9.69 Å². The molecular weight excluding hydrogens is 626 g/mol. The summed E-state index contributed by atoms with van der Waals surface area (Å²) in [5, 5.41) is 0. The molecule has 10 nitrogen and oxygen atoms in total. The number of amides is 1. The van der Waals surface area contributed by atoms with E-state index in [0.717, 1.165) is 64.1 Å². The fraction of sp³-hybridized carbons (Fsp3) is 0.923. The van der Waals surface area contributed by atoms with Gasteiger partial charge in [0.1, 0.15) is 29.8 Å². The summed E-state index contributed by atoms with van der Waals surface area (Å²) in [7, 11) is 0. The average molecular weight is 696 g/mol. The molecule has 3 aliphatic rings. The number of aldehydes is 1. The first-order valence-corrected chi connectivity index (χ1v) is 19.6. The molecule has 0 unspecified atom stereocenters. The molecule has 10 heteroatoms. The van der Waals surface area contributed by atoms with Crippen LogP contribution >= 0.6 is 0 Å². The van der Waals surface area contributed by atoms with E-state index in [1.54, 1.807) is 4.90 Å². The van der Waals surface area contributed by atoms with Crippen LogP contribution in [-0.2, 0) is 38.0 Å². The maximum absolute atomic E-state index is 12.8. The van der Waals surface area contributed by atoms with Crippen molar-refractivity contribution in [1.29, 1.82) is 0 Å². The van der Waals surface area contributed by atoms with E-state index in [9.17, 15) is 14.4 Å². The summed E-state index contributed by atoms with van der Waals surface area (Å²) >= 11 is 0. The van der Waals surface area contributed by atoms with Crippen LogP contribution < -0.4 is 0 Å². The predicted octanol–water partition coefficient (Wildman–Crippen LogP) is 8.80. The van der Waals surface area contributed by atoms with E-state index in [4.69, 9.17) is 28.4 Å². The molecule has 0 aromatic heterocycles. The zero-order valence-corrected chi connectivity index (χ0v) is 31.8. The molecule has 0 aromatic rings. The molecule has 0 saturated carbocycles. The third kappa shape index (κ3) is 14.8. The normalized spacial score (nSPS) is 26.2. The predicted molar refractivity (Wildman–Crippen MR) is 189 cm³/mol. The molecule has 2 bridgehead atoms. The van der Waals surface area contributed by atoms with Crippen LogP contribution in [0.25, 0.3) is 0 Å². The highest BCUT2D eigenvalue weighted by Crippen LogP contribution is 2.45. The Labute approximate surface area is 297 Å². The number of nitrogens with zero attached hydrogens (tertiary/aromatic N) is 1. The van der Waals surface area contributed by atoms with Crippen LogP contribution in [-0.4, -0.2) is 84.5 Å². The molecule has 0 spiro atoms. The monoisotopic (exact) mass is 695 g/mol. The van der Waals surface area contributed by atoms with Gasteiger partial charge in [-0.25, -0.2) is 4.79 Å². The fourth-order valence-corrected chi connectivity index (χ4v) is 7.48. The van der Waals surface area contributed by atoms with Crippen molar-refractivity contribution in [3.05, 3.63) is 0 Å². The summed E-state index contributed by atoms with van der Waals surface area (Å²) in [5.74, 6) is -0.781. The minimum absolute atomic E-state index is 0.0416. The Bertz CT molecular complexity index is 982. The van der Waals surface area contributed by atoms with Crippen LogP contribution in [0.15, 0.2) is 0 Å². The number of carbonyl (C=O) groups is 3. The number of ether oxygens (including phenoxy) is 6. The first-order chi connectivity index (χ1) is 23.4. The van der Waals surface area contributed by atoms with Gasteiger partial charge < -0.3 is 33.2 Å². The van der Waals surface area contributed by atoms with Gasteiger partial charge in [-0.2, -0.15) is 0 Å². The van der Waals surface area contributed by atoms with Crippen LogP contribution in [0.4, 0.5) is 4.79 Å². The van der Waals surface area contributed by atoms with Gasteiger partial charge >= 0.3 is 12.1 Å². The van der Waals surface area contributed by atoms with Gasteiger partial charge in [-0.1, -0.05) is 77.0 Å². The number of hydrogen-bond donors (Lipinski definition) is 0. The molecule has 5 atom stereocenters. The average Bonchev–Trinajstić information content (AvgIpc) is 3.49. The Kier molecular flexibility index (Phi) is 17.8. The molecule has 284 valence electrons. The SMILES string of the molecule is CC(=O)O[C@@H]1CC[C@]2(CCCCCCCCCCCCCCOC[C@@H]3COC(C)(C)N3C(=O)OC(C)(C)C)O[C@H]1[C@@H](CCCCCC=O)O2. The lowest BCUT2D eigenvalue weighted by Gasteiger charge is -2.35. The van der Waals surface area contributed by atoms with Gasteiger partial charge in [0.25, 0.3) is 0 Å². The van der Waals surface area contributed by atoms with Gasteiger partial charge in [-0.05, 0) is 66.7 Å². The molecule has 3 fully saturated rings. The lowest BCUT2D eigenvalue weighted by molar-refractivity contribution is -0.220. The van der Waals surface area contributed by atoms with Crippen molar-refractivity contribution in [3.8, 4) is 0 Å². The van der Waals surface area contributed by atoms with Crippen molar-refractivity contribution in [1.82, 2.24) is 4.90 Å². The Morgan fingerprint density at radius 2 is 1.47 bits per heavy atom. The summed E-state index contributed by atoms with van der Waals surface area (Å²) in [6.45, 7) is 12.5. The van der Waals surface area contributed by atoms with Crippen molar-refractivity contribution in [3.63, 3.8) is 0 Å². The van der Waals surface area contributed by atoms with E-state index in [2.05, 4.69) is 0 Å². The molecule has 3 heterocycles. The zero-order chi connectivity index (χ0) is 35.8. The van der Waals surface area contributed by atoms with E-state index < -0.39 is 17.1 Å². The minimum Gasteiger partial charge on any atom is -0.460 e. The Morgan fingerprint density at radius 1 is 0.857 bits per heavy atom. The highest BCUT2D eigenvalue weighted by atomic mass is 16.8. The summed E-state index contributed by atoms with van der Waals surface area (Å²) in [4.78, 5) is 36.7. The second-order valence-electron chi connectivity index (χ2n) is 16.0. The number of esters is 1. The maximum Gasteiger partial charge on any atom is 0.412 e. The molecule has 3 aliphatic heterocycles. The van der Waals surface area contributed by atoms with E-state index in [1.165, 1.54) is 71.1 Å². The lowest BCUT2D eigenvalue weighted by atomic mass is 9.94. The second kappa shape index (κ2) is 20.9. The molecular formula is C39H69NO9. The molecule has 1 amide bonds. The molecule has 0 aromatic carbocycles. The van der Waals surface area contributed by atoms with Crippen molar-refractivity contribution in [2.45, 2.75) is 211 Å². The molecule has 3 rings (SSSR count). The molecule has 49 heavy (non-hydrogen) atoms. The van der Waals surface area contributed by atoms with Crippen LogP contribution in [0.2, 0.25) is 0 Å².